The van der Waals surface area contributed by atoms with Crippen molar-refractivity contribution in [2.75, 3.05) is 25.1 Å². The van der Waals surface area contributed by atoms with E-state index in [4.69, 9.17) is 9.47 Å². The lowest BCUT2D eigenvalue weighted by molar-refractivity contribution is -0.134. The Labute approximate surface area is 235 Å². The number of hydrogen-bond donors (Lipinski definition) is 2. The molecule has 198 valence electrons. The minimum atomic E-state index is -1.06. The fourth-order valence-electron chi connectivity index (χ4n) is 4.36. The summed E-state index contributed by atoms with van der Waals surface area (Å²) in [5.41, 5.74) is 2.03. The van der Waals surface area contributed by atoms with Crippen LogP contribution in [0.5, 0.6) is 5.75 Å². The first-order valence-corrected chi connectivity index (χ1v) is 13.5. The normalized spacial score (nSPS) is 16.6. The van der Waals surface area contributed by atoms with E-state index in [1.54, 1.807) is 36.4 Å². The summed E-state index contributed by atoms with van der Waals surface area (Å²) in [6.45, 7) is 5.27. The van der Waals surface area contributed by atoms with Gasteiger partial charge in [0.25, 0.3) is 5.91 Å². The average Bonchev–Trinajstić information content (AvgIpc) is 3.22. The van der Waals surface area contributed by atoms with E-state index in [0.29, 0.717) is 36.8 Å². The van der Waals surface area contributed by atoms with Crippen molar-refractivity contribution in [2.45, 2.75) is 31.8 Å². The number of benzene rings is 3. The Morgan fingerprint density at radius 3 is 2.34 bits per heavy atom. The van der Waals surface area contributed by atoms with Crippen LogP contribution in [0.4, 0.5) is 10.5 Å². The Morgan fingerprint density at radius 1 is 1.00 bits per heavy atom. The summed E-state index contributed by atoms with van der Waals surface area (Å²) in [5.74, 6) is -0.737. The summed E-state index contributed by atoms with van der Waals surface area (Å²) in [5, 5.41) is 5.64. The van der Waals surface area contributed by atoms with Gasteiger partial charge in [0.15, 0.2) is 0 Å². The minimum Gasteiger partial charge on any atom is -0.491 e. The monoisotopic (exact) mass is 627 g/mol. The first-order chi connectivity index (χ1) is 18.4. The maximum absolute atomic E-state index is 13.6. The molecule has 4 amide bonds. The van der Waals surface area contributed by atoms with Gasteiger partial charge in [0.1, 0.15) is 24.4 Å². The third-order valence-corrected chi connectivity index (χ3v) is 7.06. The number of carbonyl (C=O) groups is 3. The van der Waals surface area contributed by atoms with Crippen molar-refractivity contribution in [3.05, 3.63) is 93.6 Å². The standard InChI is InChI=1S/C29H30IN3O5/c1-3-37-17-18-38-24-15-9-21(10-16-24)25-28(35)33(29(36)32-25)26(19(2)20-7-5-4-6-8-20)27(34)31-23-13-11-22(30)12-14-23/h4-16,19,25-26H,3,17-18H2,1-2H3,(H,31,34)(H,32,36)/t19-,25?,26-/m0/s1. The van der Waals surface area contributed by atoms with Crippen molar-refractivity contribution in [3.8, 4) is 5.75 Å². The highest BCUT2D eigenvalue weighted by atomic mass is 127. The van der Waals surface area contributed by atoms with Crippen LogP contribution in [0.3, 0.4) is 0 Å². The van der Waals surface area contributed by atoms with E-state index in [9.17, 15) is 14.4 Å². The zero-order valence-electron chi connectivity index (χ0n) is 21.2. The van der Waals surface area contributed by atoms with Gasteiger partial charge in [-0.25, -0.2) is 9.69 Å². The van der Waals surface area contributed by atoms with Crippen molar-refractivity contribution >= 4 is 46.1 Å². The quantitative estimate of drug-likeness (QED) is 0.175. The summed E-state index contributed by atoms with van der Waals surface area (Å²) in [6.07, 6.45) is 0. The predicted molar refractivity (Wildman–Crippen MR) is 153 cm³/mol. The molecule has 1 saturated heterocycles. The van der Waals surface area contributed by atoms with Crippen molar-refractivity contribution in [2.24, 2.45) is 0 Å². The van der Waals surface area contributed by atoms with Gasteiger partial charge in [-0.05, 0) is 77.0 Å². The number of nitrogens with one attached hydrogen (secondary N) is 2. The molecule has 1 aliphatic heterocycles. The van der Waals surface area contributed by atoms with Gasteiger partial charge in [0, 0.05) is 21.8 Å². The van der Waals surface area contributed by atoms with Crippen LogP contribution in [-0.4, -0.2) is 48.6 Å². The van der Waals surface area contributed by atoms with E-state index in [0.717, 1.165) is 14.0 Å². The van der Waals surface area contributed by atoms with Crippen LogP contribution in [0.1, 0.15) is 36.9 Å². The molecular formula is C29H30IN3O5. The largest absolute Gasteiger partial charge is 0.491 e. The van der Waals surface area contributed by atoms with Gasteiger partial charge in [-0.1, -0.05) is 49.4 Å². The van der Waals surface area contributed by atoms with Crippen molar-refractivity contribution in [3.63, 3.8) is 0 Å². The van der Waals surface area contributed by atoms with Gasteiger partial charge >= 0.3 is 6.03 Å². The molecule has 0 radical (unpaired) electrons. The maximum atomic E-state index is 13.6. The predicted octanol–water partition coefficient (Wildman–Crippen LogP) is 5.11. The highest BCUT2D eigenvalue weighted by Crippen LogP contribution is 2.31. The molecule has 9 heteroatoms. The number of urea groups is 1. The number of nitrogens with zero attached hydrogens (tertiary/aromatic N) is 1. The third-order valence-electron chi connectivity index (χ3n) is 6.34. The molecule has 2 N–H and O–H groups in total. The number of rotatable bonds is 11. The van der Waals surface area contributed by atoms with Crippen LogP contribution < -0.4 is 15.4 Å². The summed E-state index contributed by atoms with van der Waals surface area (Å²) in [7, 11) is 0. The van der Waals surface area contributed by atoms with Crippen molar-refractivity contribution in [1.82, 2.24) is 10.2 Å². The minimum absolute atomic E-state index is 0.411. The lowest BCUT2D eigenvalue weighted by atomic mass is 9.91. The highest BCUT2D eigenvalue weighted by Gasteiger charge is 2.47. The van der Waals surface area contributed by atoms with Gasteiger partial charge in [0.2, 0.25) is 5.91 Å². The van der Waals surface area contributed by atoms with Gasteiger partial charge in [-0.3, -0.25) is 9.59 Å². The van der Waals surface area contributed by atoms with E-state index in [2.05, 4.69) is 33.2 Å². The summed E-state index contributed by atoms with van der Waals surface area (Å²) >= 11 is 2.19. The zero-order chi connectivity index (χ0) is 27.1. The molecule has 4 rings (SSSR count). The molecule has 8 nitrogen and oxygen atoms in total. The molecule has 3 atom stereocenters. The lowest BCUT2D eigenvalue weighted by Crippen LogP contribution is -2.50. The van der Waals surface area contributed by atoms with Gasteiger partial charge in [-0.2, -0.15) is 0 Å². The molecule has 3 aromatic rings. The Bertz CT molecular complexity index is 1250. The number of carbonyl (C=O) groups excluding carboxylic acids is 3. The Hall–Kier alpha value is -3.44. The molecule has 1 aliphatic rings. The number of amides is 4. The van der Waals surface area contributed by atoms with Crippen LogP contribution in [0.2, 0.25) is 0 Å². The number of anilines is 1. The van der Waals surface area contributed by atoms with Gasteiger partial charge < -0.3 is 20.1 Å². The fraction of sp³-hybridized carbons (Fsp3) is 0.276. The van der Waals surface area contributed by atoms with E-state index < -0.39 is 35.8 Å². The molecule has 1 unspecified atom stereocenters. The molecule has 38 heavy (non-hydrogen) atoms. The second-order valence-electron chi connectivity index (χ2n) is 8.85. The summed E-state index contributed by atoms with van der Waals surface area (Å²) < 4.78 is 12.0. The van der Waals surface area contributed by atoms with Crippen molar-refractivity contribution in [1.29, 1.82) is 0 Å². The molecule has 1 heterocycles. The van der Waals surface area contributed by atoms with Crippen LogP contribution in [0.15, 0.2) is 78.9 Å². The van der Waals surface area contributed by atoms with E-state index in [1.807, 2.05) is 56.3 Å². The molecular weight excluding hydrogens is 597 g/mol. The maximum Gasteiger partial charge on any atom is 0.325 e. The Balaban J connectivity index is 1.57. The average molecular weight is 627 g/mol. The first-order valence-electron chi connectivity index (χ1n) is 12.4. The number of hydrogen-bond acceptors (Lipinski definition) is 5. The first kappa shape index (κ1) is 27.6. The SMILES string of the molecule is CCOCCOc1ccc(C2NC(=O)N([C@H](C(=O)Nc3ccc(I)cc3)[C@@H](C)c3ccccc3)C2=O)cc1. The number of ether oxygens (including phenoxy) is 2. The van der Waals surface area contributed by atoms with E-state index >= 15 is 0 Å². The van der Waals surface area contributed by atoms with Crippen LogP contribution in [0, 0.1) is 3.57 Å². The molecule has 0 bridgehead atoms. The molecule has 0 saturated carbocycles. The lowest BCUT2D eigenvalue weighted by Gasteiger charge is -2.30. The second-order valence-corrected chi connectivity index (χ2v) is 10.1. The second kappa shape index (κ2) is 12.9. The fourth-order valence-corrected chi connectivity index (χ4v) is 4.72. The number of halogens is 1. The summed E-state index contributed by atoms with van der Waals surface area (Å²) in [6, 6.07) is 21.1. The Morgan fingerprint density at radius 2 is 1.68 bits per heavy atom. The molecule has 1 fully saturated rings. The smallest absolute Gasteiger partial charge is 0.325 e. The van der Waals surface area contributed by atoms with E-state index in [-0.39, 0.29) is 0 Å². The molecule has 0 spiro atoms. The molecule has 3 aromatic carbocycles. The van der Waals surface area contributed by atoms with Crippen LogP contribution in [-0.2, 0) is 14.3 Å². The zero-order valence-corrected chi connectivity index (χ0v) is 23.4. The number of imide groups is 1. The summed E-state index contributed by atoms with van der Waals surface area (Å²) in [4.78, 5) is 41.5. The van der Waals surface area contributed by atoms with Crippen LogP contribution >= 0.6 is 22.6 Å². The third kappa shape index (κ3) is 6.51. The van der Waals surface area contributed by atoms with Gasteiger partial charge in [0.05, 0.1) is 6.61 Å². The van der Waals surface area contributed by atoms with E-state index in [1.165, 1.54) is 0 Å². The van der Waals surface area contributed by atoms with Crippen molar-refractivity contribution < 1.29 is 23.9 Å². The molecule has 0 aromatic heterocycles. The Kier molecular flexibility index (Phi) is 9.35. The highest BCUT2D eigenvalue weighted by molar-refractivity contribution is 14.1. The van der Waals surface area contributed by atoms with Gasteiger partial charge in [-0.15, -0.1) is 0 Å². The molecule has 0 aliphatic carbocycles. The topological polar surface area (TPSA) is 97.0 Å². The van der Waals surface area contributed by atoms with Crippen LogP contribution in [0.25, 0.3) is 0 Å².